The highest BCUT2D eigenvalue weighted by atomic mass is 16.4. The molecule has 1 rings (SSSR count). The van der Waals surface area contributed by atoms with Crippen LogP contribution in [0.15, 0.2) is 0 Å². The summed E-state index contributed by atoms with van der Waals surface area (Å²) in [5, 5.41) is 12.2. The van der Waals surface area contributed by atoms with Gasteiger partial charge in [-0.25, -0.2) is 0 Å². The van der Waals surface area contributed by atoms with E-state index in [4.69, 9.17) is 5.11 Å². The molecule has 1 aliphatic rings. The van der Waals surface area contributed by atoms with E-state index in [1.165, 1.54) is 0 Å². The monoisotopic (exact) mass is 214 g/mol. The van der Waals surface area contributed by atoms with E-state index in [0.717, 1.165) is 25.9 Å². The van der Waals surface area contributed by atoms with Gasteiger partial charge in [0, 0.05) is 6.04 Å². The minimum absolute atomic E-state index is 0.108. The highest BCUT2D eigenvalue weighted by Crippen LogP contribution is 2.24. The first-order valence-corrected chi connectivity index (χ1v) is 5.65. The number of nitrogens with zero attached hydrogens (tertiary/aromatic N) is 1. The molecule has 0 aliphatic carbocycles. The predicted octanol–water partition coefficient (Wildman–Crippen LogP) is 0.637. The van der Waals surface area contributed by atoms with Crippen molar-refractivity contribution >= 4 is 5.97 Å². The molecule has 1 saturated heterocycles. The van der Waals surface area contributed by atoms with Gasteiger partial charge in [0.1, 0.15) is 0 Å². The lowest BCUT2D eigenvalue weighted by molar-refractivity contribution is -0.142. The average Bonchev–Trinajstić information content (AvgIpc) is 2.21. The van der Waals surface area contributed by atoms with E-state index in [1.807, 2.05) is 7.05 Å². The minimum atomic E-state index is -0.701. The maximum absolute atomic E-state index is 11.0. The van der Waals surface area contributed by atoms with Gasteiger partial charge in [-0.05, 0) is 45.9 Å². The Hall–Kier alpha value is -0.610. The van der Waals surface area contributed by atoms with Gasteiger partial charge in [-0.1, -0.05) is 6.92 Å². The number of likely N-dealkylation sites (tertiary alicyclic amines) is 1. The standard InChI is InChI=1S/C11H22N2O2/c1-8(11(14)15)10(12-2)9-4-6-13(3)7-5-9/h8-10,12H,4-7H2,1-3H3,(H,14,15). The highest BCUT2D eigenvalue weighted by Gasteiger charge is 2.31. The largest absolute Gasteiger partial charge is 0.481 e. The first kappa shape index (κ1) is 12.5. The van der Waals surface area contributed by atoms with Crippen LogP contribution in [-0.4, -0.2) is 49.2 Å². The Morgan fingerprint density at radius 3 is 2.40 bits per heavy atom. The quantitative estimate of drug-likeness (QED) is 0.721. The second kappa shape index (κ2) is 5.47. The highest BCUT2D eigenvalue weighted by molar-refractivity contribution is 5.70. The Labute approximate surface area is 91.6 Å². The van der Waals surface area contributed by atoms with Gasteiger partial charge in [0.15, 0.2) is 0 Å². The van der Waals surface area contributed by atoms with Crippen molar-refractivity contribution in [1.29, 1.82) is 0 Å². The van der Waals surface area contributed by atoms with Crippen molar-refractivity contribution in [3.63, 3.8) is 0 Å². The van der Waals surface area contributed by atoms with Gasteiger partial charge in [-0.2, -0.15) is 0 Å². The van der Waals surface area contributed by atoms with Gasteiger partial charge in [0.2, 0.25) is 0 Å². The summed E-state index contributed by atoms with van der Waals surface area (Å²) in [5.74, 6) is -0.506. The first-order valence-electron chi connectivity index (χ1n) is 5.65. The second-order valence-corrected chi connectivity index (χ2v) is 4.58. The first-order chi connectivity index (χ1) is 7.06. The number of aliphatic carboxylic acids is 1. The zero-order chi connectivity index (χ0) is 11.4. The van der Waals surface area contributed by atoms with E-state index in [0.29, 0.717) is 5.92 Å². The summed E-state index contributed by atoms with van der Waals surface area (Å²) in [7, 11) is 3.98. The Morgan fingerprint density at radius 1 is 1.47 bits per heavy atom. The molecule has 0 aromatic rings. The summed E-state index contributed by atoms with van der Waals surface area (Å²) in [6, 6.07) is 0.108. The van der Waals surface area contributed by atoms with Crippen LogP contribution in [0.5, 0.6) is 0 Å². The number of carboxylic acids is 1. The van der Waals surface area contributed by atoms with Gasteiger partial charge in [-0.15, -0.1) is 0 Å². The molecule has 0 radical (unpaired) electrons. The molecule has 1 fully saturated rings. The smallest absolute Gasteiger partial charge is 0.307 e. The normalized spacial score (nSPS) is 23.7. The topological polar surface area (TPSA) is 52.6 Å². The van der Waals surface area contributed by atoms with Crippen LogP contribution in [-0.2, 0) is 4.79 Å². The lowest BCUT2D eigenvalue weighted by Gasteiger charge is -2.35. The third kappa shape index (κ3) is 3.18. The van der Waals surface area contributed by atoms with Crippen LogP contribution >= 0.6 is 0 Å². The van der Waals surface area contributed by atoms with E-state index < -0.39 is 5.97 Å². The molecule has 0 aromatic heterocycles. The van der Waals surface area contributed by atoms with Gasteiger partial charge in [-0.3, -0.25) is 4.79 Å². The van der Waals surface area contributed by atoms with Crippen LogP contribution in [0.4, 0.5) is 0 Å². The molecule has 1 heterocycles. The van der Waals surface area contributed by atoms with E-state index in [2.05, 4.69) is 17.3 Å². The summed E-state index contributed by atoms with van der Waals surface area (Å²) in [5.41, 5.74) is 0. The molecule has 4 nitrogen and oxygen atoms in total. The summed E-state index contributed by atoms with van der Waals surface area (Å²) in [4.78, 5) is 13.3. The molecule has 0 aromatic carbocycles. The third-order valence-electron chi connectivity index (χ3n) is 3.53. The van der Waals surface area contributed by atoms with Crippen LogP contribution in [0, 0.1) is 11.8 Å². The maximum Gasteiger partial charge on any atom is 0.307 e. The van der Waals surface area contributed by atoms with Crippen LogP contribution in [0.25, 0.3) is 0 Å². The van der Waals surface area contributed by atoms with Gasteiger partial charge in [0.05, 0.1) is 5.92 Å². The van der Waals surface area contributed by atoms with Crippen molar-refractivity contribution in [3.8, 4) is 0 Å². The van der Waals surface area contributed by atoms with Crippen molar-refractivity contribution in [1.82, 2.24) is 10.2 Å². The summed E-state index contributed by atoms with van der Waals surface area (Å²) in [6.45, 7) is 3.95. The molecule has 0 saturated carbocycles. The number of hydrogen-bond acceptors (Lipinski definition) is 3. The number of nitrogens with one attached hydrogen (secondary N) is 1. The van der Waals surface area contributed by atoms with E-state index >= 15 is 0 Å². The Morgan fingerprint density at radius 2 is 2.00 bits per heavy atom. The molecule has 2 N–H and O–H groups in total. The van der Waals surface area contributed by atoms with Gasteiger partial charge < -0.3 is 15.3 Å². The molecule has 0 amide bonds. The Bertz CT molecular complexity index is 213. The SMILES string of the molecule is CNC(C1CCN(C)CC1)C(C)C(=O)O. The number of piperidine rings is 1. The number of hydrogen-bond donors (Lipinski definition) is 2. The molecule has 2 unspecified atom stereocenters. The fraction of sp³-hybridized carbons (Fsp3) is 0.909. The van der Waals surface area contributed by atoms with Crippen LogP contribution < -0.4 is 5.32 Å². The molecule has 0 spiro atoms. The van der Waals surface area contributed by atoms with Crippen molar-refractivity contribution in [2.45, 2.75) is 25.8 Å². The molecule has 2 atom stereocenters. The molecule has 15 heavy (non-hydrogen) atoms. The van der Waals surface area contributed by atoms with Gasteiger partial charge >= 0.3 is 5.97 Å². The van der Waals surface area contributed by atoms with E-state index in [-0.39, 0.29) is 12.0 Å². The summed E-state index contributed by atoms with van der Waals surface area (Å²) in [6.07, 6.45) is 2.19. The zero-order valence-electron chi connectivity index (χ0n) is 9.86. The summed E-state index contributed by atoms with van der Waals surface area (Å²) < 4.78 is 0. The van der Waals surface area contributed by atoms with Crippen molar-refractivity contribution in [3.05, 3.63) is 0 Å². The lowest BCUT2D eigenvalue weighted by atomic mass is 9.83. The van der Waals surface area contributed by atoms with Crippen molar-refractivity contribution in [2.24, 2.45) is 11.8 Å². The van der Waals surface area contributed by atoms with E-state index in [9.17, 15) is 4.79 Å². The lowest BCUT2D eigenvalue weighted by Crippen LogP contribution is -2.46. The fourth-order valence-electron chi connectivity index (χ4n) is 2.44. The third-order valence-corrected chi connectivity index (χ3v) is 3.53. The maximum atomic E-state index is 11.0. The van der Waals surface area contributed by atoms with Crippen molar-refractivity contribution in [2.75, 3.05) is 27.2 Å². The molecular formula is C11H22N2O2. The van der Waals surface area contributed by atoms with Gasteiger partial charge in [0.25, 0.3) is 0 Å². The van der Waals surface area contributed by atoms with Crippen LogP contribution in [0.2, 0.25) is 0 Å². The molecule has 88 valence electrons. The molecule has 4 heteroatoms. The Balaban J connectivity index is 2.55. The van der Waals surface area contributed by atoms with Crippen molar-refractivity contribution < 1.29 is 9.90 Å². The molecular weight excluding hydrogens is 192 g/mol. The predicted molar refractivity (Wildman–Crippen MR) is 59.9 cm³/mol. The van der Waals surface area contributed by atoms with Crippen LogP contribution in [0.3, 0.4) is 0 Å². The Kier molecular flexibility index (Phi) is 4.54. The summed E-state index contributed by atoms with van der Waals surface area (Å²) >= 11 is 0. The van der Waals surface area contributed by atoms with Crippen LogP contribution in [0.1, 0.15) is 19.8 Å². The minimum Gasteiger partial charge on any atom is -0.481 e. The van der Waals surface area contributed by atoms with E-state index in [1.54, 1.807) is 6.92 Å². The molecule has 0 bridgehead atoms. The zero-order valence-corrected chi connectivity index (χ0v) is 9.86. The average molecular weight is 214 g/mol. The fourth-order valence-corrected chi connectivity index (χ4v) is 2.44. The molecule has 1 aliphatic heterocycles. The number of carboxylic acid groups (broad SMARTS) is 1. The second-order valence-electron chi connectivity index (χ2n) is 4.58. The number of rotatable bonds is 4. The number of carbonyl (C=O) groups is 1.